The van der Waals surface area contributed by atoms with Crippen LogP contribution in [0.15, 0.2) is 78.9 Å². The maximum Gasteiger partial charge on any atom is 0.203 e. The van der Waals surface area contributed by atoms with Gasteiger partial charge in [-0.05, 0) is 206 Å². The van der Waals surface area contributed by atoms with Gasteiger partial charge in [0, 0.05) is 150 Å². The number of benzene rings is 6. The van der Waals surface area contributed by atoms with Crippen LogP contribution in [0, 0.1) is 23.7 Å². The Morgan fingerprint density at radius 2 is 0.740 bits per heavy atom. The maximum atomic E-state index is 9.25. The number of hydrogen-bond acceptors (Lipinski definition) is 24. The summed E-state index contributed by atoms with van der Waals surface area (Å²) in [4.78, 5) is 38.3. The molecule has 19 rings (SSSR count). The first-order valence-electron chi connectivity index (χ1n) is 46.7. The number of hydrogen-bond donors (Lipinski definition) is 7. The molecule has 0 saturated carbocycles. The van der Waals surface area contributed by atoms with Crippen molar-refractivity contribution < 1.29 is 33.5 Å². The summed E-state index contributed by atoms with van der Waals surface area (Å²) in [6, 6.07) is 26.3. The molecule has 0 bridgehead atoms. The minimum Gasteiger partial charge on any atom is -0.493 e. The van der Waals surface area contributed by atoms with E-state index in [2.05, 4.69) is 205 Å². The predicted octanol–water partition coefficient (Wildman–Crippen LogP) is 13.8. The lowest BCUT2D eigenvalue weighted by atomic mass is 9.95. The Balaban J connectivity index is 0.000000124. The number of nitrogen functional groups attached to an aromatic ring is 4. The Morgan fingerprint density at radius 3 is 1.13 bits per heavy atom. The summed E-state index contributed by atoms with van der Waals surface area (Å²) in [6.07, 6.45) is 16.4. The first-order valence-corrected chi connectivity index (χ1v) is 46.7. The van der Waals surface area contributed by atoms with Crippen molar-refractivity contribution in [3.05, 3.63) is 107 Å². The van der Waals surface area contributed by atoms with E-state index < -0.39 is 0 Å². The molecule has 0 aliphatic carbocycles. The molecule has 0 saturated heterocycles. The highest BCUT2D eigenvalue weighted by Crippen LogP contribution is 2.43. The molecule has 0 fully saturated rings. The number of likely N-dealkylation sites (N-methyl/N-ethyl adjacent to an activating group) is 3. The van der Waals surface area contributed by atoms with Gasteiger partial charge in [0.15, 0.2) is 0 Å². The summed E-state index contributed by atoms with van der Waals surface area (Å²) < 4.78 is 49.0. The molecule has 0 radical (unpaired) electrons. The molecule has 30 heteroatoms. The Kier molecular flexibility index (Phi) is 30.8. The Labute approximate surface area is 749 Å². The Morgan fingerprint density at radius 1 is 0.394 bits per heavy atom. The fourth-order valence-electron chi connectivity index (χ4n) is 18.9. The van der Waals surface area contributed by atoms with E-state index in [1.54, 1.807) is 0 Å². The molecule has 127 heavy (non-hydrogen) atoms. The number of anilines is 6. The average Bonchev–Trinajstić information content (AvgIpc) is 1.61. The van der Waals surface area contributed by atoms with Crippen LogP contribution in [0.4, 0.5) is 35.7 Å². The van der Waals surface area contributed by atoms with Gasteiger partial charge in [0.1, 0.15) is 59.4 Å². The van der Waals surface area contributed by atoms with Gasteiger partial charge in [0.05, 0.1) is 86.0 Å². The van der Waals surface area contributed by atoms with Crippen LogP contribution in [0.5, 0.6) is 34.5 Å². The highest BCUT2D eigenvalue weighted by Gasteiger charge is 2.35. The van der Waals surface area contributed by atoms with E-state index in [0.717, 1.165) is 278 Å². The van der Waals surface area contributed by atoms with Gasteiger partial charge in [-0.15, -0.1) is 0 Å². The zero-order valence-electron chi connectivity index (χ0n) is 78.5. The molecule has 12 aromatic rings. The highest BCUT2D eigenvalue weighted by atomic mass is 16.5. The van der Waals surface area contributed by atoms with Crippen molar-refractivity contribution in [2.45, 2.75) is 195 Å². The fraction of sp³-hybridized carbons (Fsp3) is 0.567. The van der Waals surface area contributed by atoms with Gasteiger partial charge in [-0.1, -0.05) is 67.2 Å². The van der Waals surface area contributed by atoms with E-state index in [0.29, 0.717) is 54.1 Å². The quantitative estimate of drug-likeness (QED) is 0.0251. The largest absolute Gasteiger partial charge is 0.493 e. The molecule has 6 aromatic heterocycles. The van der Waals surface area contributed by atoms with Crippen LogP contribution in [0.2, 0.25) is 0 Å². The van der Waals surface area contributed by atoms with Crippen molar-refractivity contribution in [1.82, 2.24) is 81.8 Å². The van der Waals surface area contributed by atoms with Crippen molar-refractivity contribution >= 4 is 102 Å². The highest BCUT2D eigenvalue weighted by molar-refractivity contribution is 5.89. The lowest BCUT2D eigenvalue weighted by Gasteiger charge is -2.29. The van der Waals surface area contributed by atoms with E-state index in [1.807, 2.05) is 68.7 Å². The van der Waals surface area contributed by atoms with Gasteiger partial charge >= 0.3 is 0 Å². The lowest BCUT2D eigenvalue weighted by molar-refractivity contribution is 0.134. The fourth-order valence-corrected chi connectivity index (χ4v) is 18.9. The van der Waals surface area contributed by atoms with Crippen molar-refractivity contribution in [2.75, 3.05) is 176 Å². The van der Waals surface area contributed by atoms with Gasteiger partial charge in [-0.25, -0.2) is 29.9 Å². The topological polar surface area (TPSA) is 327 Å². The number of aliphatic hydroxyl groups excluding tert-OH is 1. The zero-order chi connectivity index (χ0) is 89.9. The van der Waals surface area contributed by atoms with Crippen LogP contribution in [-0.4, -0.2) is 248 Å². The maximum absolute atomic E-state index is 9.25. The van der Waals surface area contributed by atoms with Gasteiger partial charge in [0.25, 0.3) is 0 Å². The smallest absolute Gasteiger partial charge is 0.203 e. The van der Waals surface area contributed by atoms with Crippen molar-refractivity contribution in [3.8, 4) is 34.5 Å². The molecular weight excluding hydrogens is 1600 g/mol. The molecule has 6 aromatic carbocycles. The zero-order valence-corrected chi connectivity index (χ0v) is 78.5. The molecule has 13 heterocycles. The summed E-state index contributed by atoms with van der Waals surface area (Å²) in [5.74, 6) is 12.6. The third-order valence-electron chi connectivity index (χ3n) is 25.3. The molecule has 0 spiro atoms. The number of nitrogens with one attached hydrogen (secondary N) is 2. The van der Waals surface area contributed by atoms with Crippen molar-refractivity contribution in [1.29, 1.82) is 0 Å². The second-order valence-electron chi connectivity index (χ2n) is 37.0. The van der Waals surface area contributed by atoms with Crippen LogP contribution in [0.3, 0.4) is 0 Å². The number of ether oxygens (including phenoxy) is 6. The minimum atomic E-state index is -0.142. The van der Waals surface area contributed by atoms with E-state index in [1.165, 1.54) is 57.2 Å². The SMILES string of the molecule is CCC1CNc2nc3ccc4c(c3n2C1)CC(CN(C)C)CO4.CCC1CNc2nc3ccc4c(c3n2C1)CC(CN(C)C)O4.CCCCn1c(N)nc2ccc(OCCN(C)C)cc21.CCCCn1c(N)nc2ccc3c(c21)CC(CN(C)C)CO3.CCCCn1c(N)nc2ccc3c(c21)CC(CN(C)C)O3.CCCCn1c(N)nc2ccc3c(c21)CC(CO)O3. The first kappa shape index (κ1) is 92.7. The van der Waals surface area contributed by atoms with E-state index in [-0.39, 0.29) is 24.9 Å². The third-order valence-corrected chi connectivity index (χ3v) is 25.3. The van der Waals surface area contributed by atoms with Crippen LogP contribution in [0.25, 0.3) is 66.2 Å². The molecule has 0 amide bonds. The Hall–Kier alpha value is -10.5. The van der Waals surface area contributed by atoms with Gasteiger partial charge < -0.3 is 119 Å². The number of imidazole rings is 6. The van der Waals surface area contributed by atoms with Crippen LogP contribution in [0.1, 0.15) is 134 Å². The summed E-state index contributed by atoms with van der Waals surface area (Å²) in [5.41, 5.74) is 43.6. The van der Waals surface area contributed by atoms with E-state index in [4.69, 9.17) is 61.3 Å². The number of aryl methyl sites for hydroxylation is 4. The van der Waals surface area contributed by atoms with Gasteiger partial charge in [-0.3, -0.25) is 0 Å². The number of unbranched alkanes of at least 4 members (excludes halogenated alkanes) is 4. The summed E-state index contributed by atoms with van der Waals surface area (Å²) in [7, 11) is 20.9. The predicted molar refractivity (Wildman–Crippen MR) is 515 cm³/mol. The molecule has 688 valence electrons. The number of fused-ring (bicyclic) bond motifs is 20. The average molecular weight is 1740 g/mol. The number of nitrogens with two attached hydrogens (primary N) is 4. The first-order chi connectivity index (χ1) is 61.4. The lowest BCUT2D eigenvalue weighted by Crippen LogP contribution is -2.31. The van der Waals surface area contributed by atoms with Crippen molar-refractivity contribution in [2.24, 2.45) is 23.7 Å². The van der Waals surface area contributed by atoms with Crippen molar-refractivity contribution in [3.63, 3.8) is 0 Å². The molecular formula is C97H143N23O7. The summed E-state index contributed by atoms with van der Waals surface area (Å²) in [6.45, 7) is 28.2. The standard InChI is InChI=1S/C18H26N4O.C17H24N4O.C17H26N4O.C16H24N4O.C15H24N4O.C14H19N3O2/c1-4-12-8-19-18-20-15-5-6-16-14(17(15)22(18)10-12)7-13(11-23-16)9-21(2)3;1-4-11-8-18-17-19-14-5-6-15-13(16(14)21(17)9-11)7-12(22-15)10-20(2)3;1-4-5-8-21-16-13-9-12(10-20(2)3)11-22-15(13)7-6-14(16)19-17(21)18;1-4-5-8-20-15-12-9-11(10-19(2)3)21-14(12)7-6-13(15)18-16(20)17;1-4-5-8-19-14-11-12(20-10-9-18(2)3)6-7-13(14)17-15(19)16;1-2-3-6-17-13-10-7-9(8-18)19-12(10)5-4-11(13)16-14(17)15/h5-6,12-13H,4,7-11H2,1-3H3,(H,19,20);5-6,11-12H,4,7-10H2,1-3H3,(H,18,19);6-7,12H,4-5,8-11H2,1-3H3,(H2,18,19);6-7,11H,4-5,8-10H2,1-3H3,(H2,17,18);6-7,11H,4-5,8-10H2,1-3H3,(H2,16,17);4-5,9,18H,2-3,6-8H2,1H3,(H2,15,16). The number of rotatable bonds is 27. The number of aliphatic hydroxyl groups is 1. The van der Waals surface area contributed by atoms with E-state index in [9.17, 15) is 5.11 Å². The van der Waals surface area contributed by atoms with E-state index >= 15 is 0 Å². The van der Waals surface area contributed by atoms with Crippen LogP contribution < -0.4 is 62.0 Å². The van der Waals surface area contributed by atoms with Crippen LogP contribution >= 0.6 is 0 Å². The number of nitrogens with zero attached hydrogens (tertiary/aromatic N) is 17. The second-order valence-corrected chi connectivity index (χ2v) is 37.0. The van der Waals surface area contributed by atoms with Gasteiger partial charge in [0.2, 0.25) is 35.7 Å². The van der Waals surface area contributed by atoms with Crippen LogP contribution in [-0.2, 0) is 71.4 Å². The molecule has 7 aliphatic heterocycles. The summed E-state index contributed by atoms with van der Waals surface area (Å²) in [5, 5.41) is 16.3. The molecule has 7 unspecified atom stereocenters. The molecule has 7 aliphatic rings. The minimum absolute atomic E-state index is 0.0365. The third kappa shape index (κ3) is 21.4. The molecule has 30 nitrogen and oxygen atoms in total. The van der Waals surface area contributed by atoms with Gasteiger partial charge in [-0.2, -0.15) is 0 Å². The summed E-state index contributed by atoms with van der Waals surface area (Å²) >= 11 is 0. The Bertz CT molecular complexity index is 5680. The number of aromatic nitrogens is 12. The second kappa shape index (κ2) is 42.2. The normalized spacial score (nSPS) is 18.6. The molecule has 7 atom stereocenters. The monoisotopic (exact) mass is 1740 g/mol. The molecule has 11 N–H and O–H groups in total.